The third-order valence-corrected chi connectivity index (χ3v) is 5.15. The molecule has 6 nitrogen and oxygen atoms in total. The van der Waals surface area contributed by atoms with Gasteiger partial charge < -0.3 is 13.7 Å². The molecule has 0 aliphatic rings. The molecule has 7 heteroatoms. The second-order valence-corrected chi connectivity index (χ2v) is 7.55. The number of phenols is 1. The minimum absolute atomic E-state index is 0.00554. The van der Waals surface area contributed by atoms with E-state index in [1.807, 2.05) is 13.8 Å². The largest absolute Gasteiger partial charge is 0.508 e. The Balaban J connectivity index is 2.18. The van der Waals surface area contributed by atoms with E-state index in [-0.39, 0.29) is 22.0 Å². The first kappa shape index (κ1) is 18.0. The summed E-state index contributed by atoms with van der Waals surface area (Å²) in [5.41, 5.74) is 1.03. The molecule has 0 bridgehead atoms. The summed E-state index contributed by atoms with van der Waals surface area (Å²) in [5.74, 6) is -0.337. The highest BCUT2D eigenvalue weighted by Gasteiger charge is 2.21. The third-order valence-electron chi connectivity index (χ3n) is 3.90. The van der Waals surface area contributed by atoms with E-state index in [9.17, 15) is 18.3 Å². The molecule has 2 aromatic carbocycles. The average Bonchev–Trinajstić information content (AvgIpc) is 2.54. The molecule has 0 aliphatic heterocycles. The van der Waals surface area contributed by atoms with Crippen LogP contribution in [0.1, 0.15) is 24.5 Å². The Kier molecular flexibility index (Phi) is 4.73. The fraction of sp³-hybridized carbons (Fsp3) is 0.211. The summed E-state index contributed by atoms with van der Waals surface area (Å²) in [4.78, 5) is 11.7. The first-order valence-electron chi connectivity index (χ1n) is 8.11. The Morgan fingerprint density at radius 3 is 2.46 bits per heavy atom. The predicted molar refractivity (Wildman–Crippen MR) is 97.1 cm³/mol. The summed E-state index contributed by atoms with van der Waals surface area (Å²) in [6, 6.07) is 10.0. The monoisotopic (exact) mass is 374 g/mol. The van der Waals surface area contributed by atoms with Crippen LogP contribution in [-0.2, 0) is 16.5 Å². The van der Waals surface area contributed by atoms with E-state index in [0.29, 0.717) is 17.4 Å². The minimum atomic E-state index is -4.11. The van der Waals surface area contributed by atoms with Gasteiger partial charge in [-0.3, -0.25) is 0 Å². The van der Waals surface area contributed by atoms with Gasteiger partial charge >= 0.3 is 15.7 Å². The van der Waals surface area contributed by atoms with Gasteiger partial charge in [0.15, 0.2) is 5.75 Å². The van der Waals surface area contributed by atoms with Crippen molar-refractivity contribution in [3.05, 3.63) is 64.0 Å². The quantitative estimate of drug-likeness (QED) is 0.542. The fourth-order valence-electron chi connectivity index (χ4n) is 2.73. The van der Waals surface area contributed by atoms with Gasteiger partial charge in [0, 0.05) is 18.2 Å². The number of fused-ring (bicyclic) bond motifs is 1. The highest BCUT2D eigenvalue weighted by atomic mass is 32.2. The number of aromatic hydroxyl groups is 1. The number of rotatable bonds is 5. The van der Waals surface area contributed by atoms with Crippen LogP contribution in [0.5, 0.6) is 11.5 Å². The summed E-state index contributed by atoms with van der Waals surface area (Å²) in [6.07, 6.45) is 1.28. The lowest BCUT2D eigenvalue weighted by molar-refractivity contribution is 0.462. The van der Waals surface area contributed by atoms with E-state index in [4.69, 9.17) is 8.60 Å². The SMILES string of the molecule is CCCc1cc(=O)oc2cc(O)cc(OS(=O)(=O)c3ccc(C)cc3)c12. The second-order valence-electron chi connectivity index (χ2n) is 6.01. The summed E-state index contributed by atoms with van der Waals surface area (Å²) >= 11 is 0. The second kappa shape index (κ2) is 6.84. The zero-order valence-electron chi connectivity index (χ0n) is 14.4. The van der Waals surface area contributed by atoms with Gasteiger partial charge in [0.1, 0.15) is 16.2 Å². The molecule has 0 fully saturated rings. The molecule has 3 aromatic rings. The summed E-state index contributed by atoms with van der Waals surface area (Å²) in [6.45, 7) is 3.78. The van der Waals surface area contributed by atoms with Crippen LogP contribution >= 0.6 is 0 Å². The van der Waals surface area contributed by atoms with Crippen molar-refractivity contribution in [3.8, 4) is 11.5 Å². The highest BCUT2D eigenvalue weighted by Crippen LogP contribution is 2.34. The van der Waals surface area contributed by atoms with Gasteiger partial charge in [-0.1, -0.05) is 31.0 Å². The third kappa shape index (κ3) is 3.57. The standard InChI is InChI=1S/C19H18O6S/c1-3-4-13-9-18(21)24-16-10-14(20)11-17(19(13)16)25-26(22,23)15-7-5-12(2)6-8-15/h5-11,20H,3-4H2,1-2H3. The molecule has 0 saturated carbocycles. The van der Waals surface area contributed by atoms with Crippen molar-refractivity contribution < 1.29 is 22.1 Å². The molecule has 0 radical (unpaired) electrons. The lowest BCUT2D eigenvalue weighted by Gasteiger charge is -2.12. The van der Waals surface area contributed by atoms with E-state index >= 15 is 0 Å². The minimum Gasteiger partial charge on any atom is -0.508 e. The van der Waals surface area contributed by atoms with Gasteiger partial charge in [0.25, 0.3) is 0 Å². The molecule has 136 valence electrons. The van der Waals surface area contributed by atoms with Crippen molar-refractivity contribution >= 4 is 21.1 Å². The molecule has 0 atom stereocenters. The van der Waals surface area contributed by atoms with E-state index in [2.05, 4.69) is 0 Å². The van der Waals surface area contributed by atoms with Crippen LogP contribution in [0.4, 0.5) is 0 Å². The van der Waals surface area contributed by atoms with Gasteiger partial charge in [-0.2, -0.15) is 8.42 Å². The molecule has 1 N–H and O–H groups in total. The maximum absolute atomic E-state index is 12.6. The van der Waals surface area contributed by atoms with Crippen LogP contribution in [0.25, 0.3) is 11.0 Å². The van der Waals surface area contributed by atoms with Gasteiger partial charge in [-0.05, 0) is 31.0 Å². The Morgan fingerprint density at radius 2 is 1.81 bits per heavy atom. The van der Waals surface area contributed by atoms with E-state index in [1.165, 1.54) is 30.3 Å². The van der Waals surface area contributed by atoms with Crippen LogP contribution in [-0.4, -0.2) is 13.5 Å². The van der Waals surface area contributed by atoms with Crippen molar-refractivity contribution in [2.75, 3.05) is 0 Å². The van der Waals surface area contributed by atoms with Crippen molar-refractivity contribution in [1.29, 1.82) is 0 Å². The predicted octanol–water partition coefficient (Wildman–Crippen LogP) is 3.53. The molecule has 1 aromatic heterocycles. The van der Waals surface area contributed by atoms with E-state index < -0.39 is 15.7 Å². The Morgan fingerprint density at radius 1 is 1.12 bits per heavy atom. The summed E-state index contributed by atoms with van der Waals surface area (Å²) < 4.78 is 35.6. The molecule has 3 rings (SSSR count). The Hall–Kier alpha value is -2.80. The maximum atomic E-state index is 12.6. The van der Waals surface area contributed by atoms with Gasteiger partial charge in [0.2, 0.25) is 0 Å². The maximum Gasteiger partial charge on any atom is 0.339 e. The summed E-state index contributed by atoms with van der Waals surface area (Å²) in [5, 5.41) is 10.3. The molecule has 1 heterocycles. The number of phenolic OH excluding ortho intramolecular Hbond substituents is 1. The Labute approximate surface area is 150 Å². The van der Waals surface area contributed by atoms with Crippen LogP contribution in [0, 0.1) is 6.92 Å². The highest BCUT2D eigenvalue weighted by molar-refractivity contribution is 7.87. The van der Waals surface area contributed by atoms with Crippen molar-refractivity contribution in [2.24, 2.45) is 0 Å². The molecule has 0 saturated heterocycles. The molecule has 0 amide bonds. The van der Waals surface area contributed by atoms with Gasteiger partial charge in [-0.15, -0.1) is 0 Å². The van der Waals surface area contributed by atoms with Crippen molar-refractivity contribution in [2.45, 2.75) is 31.6 Å². The molecular weight excluding hydrogens is 356 g/mol. The Bertz CT molecular complexity index is 1110. The van der Waals surface area contributed by atoms with E-state index in [1.54, 1.807) is 12.1 Å². The number of hydrogen-bond donors (Lipinski definition) is 1. The van der Waals surface area contributed by atoms with Crippen molar-refractivity contribution in [3.63, 3.8) is 0 Å². The fourth-order valence-corrected chi connectivity index (χ4v) is 3.66. The smallest absolute Gasteiger partial charge is 0.339 e. The van der Waals surface area contributed by atoms with Crippen molar-refractivity contribution in [1.82, 2.24) is 0 Å². The van der Waals surface area contributed by atoms with Crippen LogP contribution in [0.15, 0.2) is 56.6 Å². The van der Waals surface area contributed by atoms with Gasteiger partial charge in [0.05, 0.1) is 5.39 Å². The zero-order chi connectivity index (χ0) is 18.9. The first-order chi connectivity index (χ1) is 12.3. The first-order valence-corrected chi connectivity index (χ1v) is 9.52. The lowest BCUT2D eigenvalue weighted by atomic mass is 10.0. The normalized spacial score (nSPS) is 11.6. The number of benzene rings is 2. The lowest BCUT2D eigenvalue weighted by Crippen LogP contribution is -2.11. The van der Waals surface area contributed by atoms with Crippen LogP contribution in [0.3, 0.4) is 0 Å². The molecule has 0 spiro atoms. The molecule has 0 aliphatic carbocycles. The number of hydrogen-bond acceptors (Lipinski definition) is 6. The average molecular weight is 374 g/mol. The topological polar surface area (TPSA) is 93.8 Å². The molecular formula is C19H18O6S. The van der Waals surface area contributed by atoms with Crippen LogP contribution < -0.4 is 9.81 Å². The summed E-state index contributed by atoms with van der Waals surface area (Å²) in [7, 11) is -4.11. The molecule has 0 unspecified atom stereocenters. The number of aryl methyl sites for hydroxylation is 2. The van der Waals surface area contributed by atoms with Crippen LogP contribution in [0.2, 0.25) is 0 Å². The van der Waals surface area contributed by atoms with Gasteiger partial charge in [-0.25, -0.2) is 4.79 Å². The van der Waals surface area contributed by atoms with E-state index in [0.717, 1.165) is 12.0 Å². The molecule has 26 heavy (non-hydrogen) atoms. The zero-order valence-corrected chi connectivity index (χ0v) is 15.2.